The van der Waals surface area contributed by atoms with E-state index in [9.17, 15) is 9.59 Å². The summed E-state index contributed by atoms with van der Waals surface area (Å²) in [4.78, 5) is 23.9. The summed E-state index contributed by atoms with van der Waals surface area (Å²) >= 11 is 11.7. The Bertz CT molecular complexity index is 485. The summed E-state index contributed by atoms with van der Waals surface area (Å²) in [7, 11) is 1.29. The van der Waals surface area contributed by atoms with Gasteiger partial charge in [0.15, 0.2) is 0 Å². The van der Waals surface area contributed by atoms with Gasteiger partial charge in [-0.3, -0.25) is 4.79 Å². The van der Waals surface area contributed by atoms with Gasteiger partial charge in [-0.15, -0.1) is 0 Å². The van der Waals surface area contributed by atoms with E-state index in [1.165, 1.54) is 25.3 Å². The average molecular weight is 318 g/mol. The Labute approximate surface area is 128 Å². The summed E-state index contributed by atoms with van der Waals surface area (Å²) in [6, 6.07) is 3.82. The van der Waals surface area contributed by atoms with E-state index in [1.54, 1.807) is 0 Å². The Hall–Kier alpha value is -1.26. The molecule has 1 aromatic carbocycles. The standard InChI is InChI=1S/C14H17Cl2NO3/c1-4-8(2)12(14(19)20-3)17-13(18)9-5-10(15)7-11(16)6-9/h5-8,12H,4H2,1-3H3,(H,17,18). The molecule has 1 aromatic rings. The highest BCUT2D eigenvalue weighted by molar-refractivity contribution is 6.35. The summed E-state index contributed by atoms with van der Waals surface area (Å²) < 4.78 is 4.71. The molecule has 0 aliphatic rings. The maximum absolute atomic E-state index is 12.2. The van der Waals surface area contributed by atoms with Gasteiger partial charge in [-0.2, -0.15) is 0 Å². The van der Waals surface area contributed by atoms with E-state index in [-0.39, 0.29) is 5.92 Å². The number of esters is 1. The van der Waals surface area contributed by atoms with Gasteiger partial charge in [0.05, 0.1) is 7.11 Å². The van der Waals surface area contributed by atoms with Crippen LogP contribution in [0.5, 0.6) is 0 Å². The second kappa shape index (κ2) is 7.50. The van der Waals surface area contributed by atoms with E-state index in [0.29, 0.717) is 15.6 Å². The van der Waals surface area contributed by atoms with Crippen LogP contribution >= 0.6 is 23.2 Å². The number of carbonyl (C=O) groups excluding carboxylic acids is 2. The fourth-order valence-corrected chi connectivity index (χ4v) is 2.23. The van der Waals surface area contributed by atoms with Gasteiger partial charge in [-0.25, -0.2) is 4.79 Å². The molecular weight excluding hydrogens is 301 g/mol. The van der Waals surface area contributed by atoms with Crippen molar-refractivity contribution in [1.29, 1.82) is 0 Å². The molecule has 4 nitrogen and oxygen atoms in total. The Kier molecular flexibility index (Phi) is 6.30. The number of ether oxygens (including phenoxy) is 1. The summed E-state index contributed by atoms with van der Waals surface area (Å²) in [6.07, 6.45) is 0.732. The van der Waals surface area contributed by atoms with Crippen LogP contribution < -0.4 is 5.32 Å². The minimum atomic E-state index is -0.699. The zero-order valence-corrected chi connectivity index (χ0v) is 13.1. The molecule has 1 N–H and O–H groups in total. The number of hydrogen-bond donors (Lipinski definition) is 1. The molecule has 0 fully saturated rings. The van der Waals surface area contributed by atoms with E-state index in [2.05, 4.69) is 5.32 Å². The lowest BCUT2D eigenvalue weighted by Crippen LogP contribution is -2.45. The van der Waals surface area contributed by atoms with Crippen LogP contribution in [-0.2, 0) is 9.53 Å². The van der Waals surface area contributed by atoms with Crippen molar-refractivity contribution >= 4 is 35.1 Å². The van der Waals surface area contributed by atoms with Gasteiger partial charge in [0.25, 0.3) is 5.91 Å². The lowest BCUT2D eigenvalue weighted by molar-refractivity contribution is -0.144. The third-order valence-corrected chi connectivity index (χ3v) is 3.52. The number of carbonyl (C=O) groups is 2. The Morgan fingerprint density at radius 3 is 2.25 bits per heavy atom. The number of halogens is 2. The highest BCUT2D eigenvalue weighted by atomic mass is 35.5. The Balaban J connectivity index is 2.93. The van der Waals surface area contributed by atoms with Gasteiger partial charge in [0.2, 0.25) is 0 Å². The smallest absolute Gasteiger partial charge is 0.328 e. The molecule has 2 unspecified atom stereocenters. The van der Waals surface area contributed by atoms with Gasteiger partial charge in [0.1, 0.15) is 6.04 Å². The van der Waals surface area contributed by atoms with Crippen LogP contribution in [0.2, 0.25) is 10.0 Å². The van der Waals surface area contributed by atoms with Crippen LogP contribution in [0.3, 0.4) is 0 Å². The first kappa shape index (κ1) is 16.8. The van der Waals surface area contributed by atoms with Gasteiger partial charge in [0, 0.05) is 15.6 Å². The van der Waals surface area contributed by atoms with Crippen molar-refractivity contribution < 1.29 is 14.3 Å². The minimum absolute atomic E-state index is 0.0407. The summed E-state index contributed by atoms with van der Waals surface area (Å²) in [5.41, 5.74) is 0.305. The molecule has 0 radical (unpaired) electrons. The molecule has 1 rings (SSSR count). The number of amides is 1. The predicted molar refractivity (Wildman–Crippen MR) is 79.2 cm³/mol. The lowest BCUT2D eigenvalue weighted by Gasteiger charge is -2.21. The fourth-order valence-electron chi connectivity index (χ4n) is 1.71. The lowest BCUT2D eigenvalue weighted by atomic mass is 9.99. The Morgan fingerprint density at radius 1 is 1.25 bits per heavy atom. The molecule has 0 heterocycles. The van der Waals surface area contributed by atoms with E-state index < -0.39 is 17.9 Å². The normalized spacial score (nSPS) is 13.4. The molecule has 0 saturated carbocycles. The first-order valence-corrected chi connectivity index (χ1v) is 6.99. The second-order valence-corrected chi connectivity index (χ2v) is 5.39. The summed E-state index contributed by atoms with van der Waals surface area (Å²) in [5, 5.41) is 3.38. The average Bonchev–Trinajstić information content (AvgIpc) is 2.41. The maximum Gasteiger partial charge on any atom is 0.328 e. The SMILES string of the molecule is CCC(C)C(NC(=O)c1cc(Cl)cc(Cl)c1)C(=O)OC. The summed E-state index contributed by atoms with van der Waals surface area (Å²) in [5.74, 6) is -0.924. The third kappa shape index (κ3) is 4.39. The molecule has 0 aromatic heterocycles. The van der Waals surface area contributed by atoms with Gasteiger partial charge < -0.3 is 10.1 Å². The third-order valence-electron chi connectivity index (χ3n) is 3.08. The van der Waals surface area contributed by atoms with E-state index in [0.717, 1.165) is 6.42 Å². The van der Waals surface area contributed by atoms with Crippen molar-refractivity contribution in [3.05, 3.63) is 33.8 Å². The van der Waals surface area contributed by atoms with Crippen LogP contribution in [-0.4, -0.2) is 25.0 Å². The van der Waals surface area contributed by atoms with Crippen molar-refractivity contribution in [2.24, 2.45) is 5.92 Å². The topological polar surface area (TPSA) is 55.4 Å². The maximum atomic E-state index is 12.2. The molecule has 110 valence electrons. The van der Waals surface area contributed by atoms with E-state index in [4.69, 9.17) is 27.9 Å². The molecule has 1 amide bonds. The molecular formula is C14H17Cl2NO3. The highest BCUT2D eigenvalue weighted by Gasteiger charge is 2.27. The molecule has 0 bridgehead atoms. The quantitative estimate of drug-likeness (QED) is 0.848. The van der Waals surface area contributed by atoms with Crippen molar-refractivity contribution in [1.82, 2.24) is 5.32 Å². The molecule has 20 heavy (non-hydrogen) atoms. The zero-order valence-electron chi connectivity index (χ0n) is 11.6. The highest BCUT2D eigenvalue weighted by Crippen LogP contribution is 2.19. The van der Waals surface area contributed by atoms with Crippen LogP contribution in [0.4, 0.5) is 0 Å². The molecule has 0 saturated heterocycles. The molecule has 0 spiro atoms. The molecule has 2 atom stereocenters. The van der Waals surface area contributed by atoms with Gasteiger partial charge >= 0.3 is 5.97 Å². The number of benzene rings is 1. The number of nitrogens with one attached hydrogen (secondary N) is 1. The fraction of sp³-hybridized carbons (Fsp3) is 0.429. The monoisotopic (exact) mass is 317 g/mol. The molecule has 6 heteroatoms. The van der Waals surface area contributed by atoms with Crippen molar-refractivity contribution in [3.8, 4) is 0 Å². The van der Waals surface area contributed by atoms with Crippen molar-refractivity contribution in [2.45, 2.75) is 26.3 Å². The number of methoxy groups -OCH3 is 1. The summed E-state index contributed by atoms with van der Waals surface area (Å²) in [6.45, 7) is 3.80. The van der Waals surface area contributed by atoms with Crippen molar-refractivity contribution in [3.63, 3.8) is 0 Å². The molecule has 0 aliphatic carbocycles. The second-order valence-electron chi connectivity index (χ2n) is 4.52. The Morgan fingerprint density at radius 2 is 1.80 bits per heavy atom. The van der Waals surface area contributed by atoms with Gasteiger partial charge in [-0.05, 0) is 24.1 Å². The minimum Gasteiger partial charge on any atom is -0.467 e. The zero-order chi connectivity index (χ0) is 15.3. The number of rotatable bonds is 5. The van der Waals surface area contributed by atoms with Crippen LogP contribution in [0.1, 0.15) is 30.6 Å². The largest absolute Gasteiger partial charge is 0.467 e. The predicted octanol–water partition coefficient (Wildman–Crippen LogP) is 3.31. The van der Waals surface area contributed by atoms with Crippen LogP contribution in [0.15, 0.2) is 18.2 Å². The first-order valence-electron chi connectivity index (χ1n) is 6.23. The van der Waals surface area contributed by atoms with Crippen LogP contribution in [0.25, 0.3) is 0 Å². The van der Waals surface area contributed by atoms with E-state index >= 15 is 0 Å². The molecule has 0 aliphatic heterocycles. The van der Waals surface area contributed by atoms with Crippen molar-refractivity contribution in [2.75, 3.05) is 7.11 Å². The van der Waals surface area contributed by atoms with Gasteiger partial charge in [-0.1, -0.05) is 43.5 Å². The van der Waals surface area contributed by atoms with E-state index in [1.807, 2.05) is 13.8 Å². The number of hydrogen-bond acceptors (Lipinski definition) is 3. The van der Waals surface area contributed by atoms with Crippen LogP contribution in [0, 0.1) is 5.92 Å². The first-order chi connectivity index (χ1) is 9.38.